The SMILES string of the molecule is CCOC1CC(N[C@H](C)c2cccc(C)c2)C1. The number of benzene rings is 1. The average Bonchev–Trinajstić information content (AvgIpc) is 2.26. The van der Waals surface area contributed by atoms with Crippen LogP contribution in [0.4, 0.5) is 0 Å². The van der Waals surface area contributed by atoms with Crippen LogP contribution in [0.25, 0.3) is 0 Å². The lowest BCUT2D eigenvalue weighted by Crippen LogP contribution is -2.46. The van der Waals surface area contributed by atoms with Crippen LogP contribution in [0.1, 0.15) is 43.9 Å². The summed E-state index contributed by atoms with van der Waals surface area (Å²) < 4.78 is 5.57. The van der Waals surface area contributed by atoms with E-state index in [1.54, 1.807) is 0 Å². The highest BCUT2D eigenvalue weighted by atomic mass is 16.5. The van der Waals surface area contributed by atoms with E-state index in [1.165, 1.54) is 11.1 Å². The number of hydrogen-bond acceptors (Lipinski definition) is 2. The Bertz CT molecular complexity index is 358. The molecule has 0 amide bonds. The van der Waals surface area contributed by atoms with Gasteiger partial charge in [-0.1, -0.05) is 29.8 Å². The van der Waals surface area contributed by atoms with Crippen molar-refractivity contribution in [2.24, 2.45) is 0 Å². The van der Waals surface area contributed by atoms with Gasteiger partial charge < -0.3 is 10.1 Å². The minimum atomic E-state index is 0.433. The lowest BCUT2D eigenvalue weighted by molar-refractivity contribution is -0.0120. The molecule has 1 aliphatic carbocycles. The van der Waals surface area contributed by atoms with Crippen molar-refractivity contribution in [3.05, 3.63) is 35.4 Å². The molecule has 1 saturated carbocycles. The first-order valence-electron chi connectivity index (χ1n) is 6.63. The maximum Gasteiger partial charge on any atom is 0.0604 e. The van der Waals surface area contributed by atoms with Crippen LogP contribution < -0.4 is 5.32 Å². The molecule has 0 aliphatic heterocycles. The number of rotatable bonds is 5. The van der Waals surface area contributed by atoms with Crippen molar-refractivity contribution >= 4 is 0 Å². The van der Waals surface area contributed by atoms with Gasteiger partial charge >= 0.3 is 0 Å². The topological polar surface area (TPSA) is 21.3 Å². The molecule has 1 aliphatic rings. The summed E-state index contributed by atoms with van der Waals surface area (Å²) in [5.74, 6) is 0. The molecule has 1 fully saturated rings. The maximum atomic E-state index is 5.57. The average molecular weight is 233 g/mol. The molecular weight excluding hydrogens is 210 g/mol. The molecule has 0 bridgehead atoms. The summed E-state index contributed by atoms with van der Waals surface area (Å²) in [6.45, 7) is 7.29. The predicted molar refractivity (Wildman–Crippen MR) is 71.2 cm³/mol. The van der Waals surface area contributed by atoms with E-state index in [2.05, 4.69) is 50.4 Å². The Balaban J connectivity index is 1.80. The van der Waals surface area contributed by atoms with Crippen LogP contribution in [0.2, 0.25) is 0 Å². The Morgan fingerprint density at radius 1 is 1.41 bits per heavy atom. The molecule has 0 radical (unpaired) electrons. The molecule has 1 aromatic carbocycles. The molecule has 0 aromatic heterocycles. The van der Waals surface area contributed by atoms with Crippen molar-refractivity contribution in [2.75, 3.05) is 6.61 Å². The molecule has 0 heterocycles. The smallest absolute Gasteiger partial charge is 0.0604 e. The zero-order chi connectivity index (χ0) is 12.3. The van der Waals surface area contributed by atoms with Crippen molar-refractivity contribution in [1.82, 2.24) is 5.32 Å². The zero-order valence-corrected chi connectivity index (χ0v) is 11.1. The van der Waals surface area contributed by atoms with Gasteiger partial charge in [-0.05, 0) is 39.2 Å². The van der Waals surface area contributed by atoms with Crippen molar-refractivity contribution in [3.63, 3.8) is 0 Å². The second-order valence-electron chi connectivity index (χ2n) is 5.05. The highest BCUT2D eigenvalue weighted by molar-refractivity contribution is 5.24. The highest BCUT2D eigenvalue weighted by Gasteiger charge is 2.30. The van der Waals surface area contributed by atoms with E-state index in [1.807, 2.05) is 0 Å². The third-order valence-corrected chi connectivity index (χ3v) is 3.53. The van der Waals surface area contributed by atoms with E-state index < -0.39 is 0 Å². The second kappa shape index (κ2) is 5.65. The molecule has 1 N–H and O–H groups in total. The van der Waals surface area contributed by atoms with E-state index in [0.717, 1.165) is 19.4 Å². The van der Waals surface area contributed by atoms with Gasteiger partial charge in [0, 0.05) is 18.7 Å². The van der Waals surface area contributed by atoms with Gasteiger partial charge in [-0.2, -0.15) is 0 Å². The molecule has 17 heavy (non-hydrogen) atoms. The lowest BCUT2D eigenvalue weighted by Gasteiger charge is -2.37. The van der Waals surface area contributed by atoms with Gasteiger partial charge in [0.2, 0.25) is 0 Å². The quantitative estimate of drug-likeness (QED) is 0.843. The molecule has 1 aromatic rings. The van der Waals surface area contributed by atoms with Gasteiger partial charge in [-0.15, -0.1) is 0 Å². The van der Waals surface area contributed by atoms with Gasteiger partial charge in [0.15, 0.2) is 0 Å². The minimum absolute atomic E-state index is 0.433. The summed E-state index contributed by atoms with van der Waals surface area (Å²) in [6.07, 6.45) is 2.80. The van der Waals surface area contributed by atoms with Crippen LogP contribution in [-0.4, -0.2) is 18.8 Å². The van der Waals surface area contributed by atoms with Gasteiger partial charge in [-0.3, -0.25) is 0 Å². The van der Waals surface area contributed by atoms with Crippen LogP contribution in [0.3, 0.4) is 0 Å². The van der Waals surface area contributed by atoms with E-state index >= 15 is 0 Å². The first-order valence-corrected chi connectivity index (χ1v) is 6.63. The second-order valence-corrected chi connectivity index (χ2v) is 5.05. The maximum absolute atomic E-state index is 5.57. The molecule has 2 heteroatoms. The fraction of sp³-hybridized carbons (Fsp3) is 0.600. The monoisotopic (exact) mass is 233 g/mol. The van der Waals surface area contributed by atoms with Crippen LogP contribution in [0.15, 0.2) is 24.3 Å². The van der Waals surface area contributed by atoms with Gasteiger partial charge in [0.25, 0.3) is 0 Å². The normalized spacial score (nSPS) is 25.4. The molecule has 94 valence electrons. The van der Waals surface area contributed by atoms with Crippen molar-refractivity contribution in [2.45, 2.75) is 51.8 Å². The van der Waals surface area contributed by atoms with Crippen LogP contribution >= 0.6 is 0 Å². The Morgan fingerprint density at radius 2 is 2.18 bits per heavy atom. The summed E-state index contributed by atoms with van der Waals surface area (Å²) in [5, 5.41) is 3.67. The largest absolute Gasteiger partial charge is 0.378 e. The lowest BCUT2D eigenvalue weighted by atomic mass is 9.88. The van der Waals surface area contributed by atoms with Crippen LogP contribution in [0.5, 0.6) is 0 Å². The number of ether oxygens (including phenoxy) is 1. The van der Waals surface area contributed by atoms with E-state index in [9.17, 15) is 0 Å². The zero-order valence-electron chi connectivity index (χ0n) is 11.1. The molecular formula is C15H23NO. The summed E-state index contributed by atoms with van der Waals surface area (Å²) >= 11 is 0. The first kappa shape index (κ1) is 12.6. The van der Waals surface area contributed by atoms with Crippen molar-refractivity contribution in [1.29, 1.82) is 0 Å². The summed E-state index contributed by atoms with van der Waals surface area (Å²) in [7, 11) is 0. The molecule has 0 saturated heterocycles. The Labute approximate surface area is 104 Å². The third kappa shape index (κ3) is 3.30. The Kier molecular flexibility index (Phi) is 4.19. The van der Waals surface area contributed by atoms with Crippen LogP contribution in [-0.2, 0) is 4.74 Å². The van der Waals surface area contributed by atoms with E-state index in [0.29, 0.717) is 18.2 Å². The predicted octanol–water partition coefficient (Wildman–Crippen LogP) is 3.21. The summed E-state index contributed by atoms with van der Waals surface area (Å²) in [4.78, 5) is 0. The molecule has 2 nitrogen and oxygen atoms in total. The van der Waals surface area contributed by atoms with Crippen LogP contribution in [0, 0.1) is 6.92 Å². The molecule has 0 unspecified atom stereocenters. The van der Waals surface area contributed by atoms with Crippen molar-refractivity contribution < 1.29 is 4.74 Å². The molecule has 2 rings (SSSR count). The Hall–Kier alpha value is -0.860. The van der Waals surface area contributed by atoms with Gasteiger partial charge in [0.05, 0.1) is 6.10 Å². The van der Waals surface area contributed by atoms with E-state index in [4.69, 9.17) is 4.74 Å². The third-order valence-electron chi connectivity index (χ3n) is 3.53. The highest BCUT2D eigenvalue weighted by Crippen LogP contribution is 2.26. The molecule has 0 spiro atoms. The number of nitrogens with one attached hydrogen (secondary N) is 1. The Morgan fingerprint density at radius 3 is 2.82 bits per heavy atom. The van der Waals surface area contributed by atoms with E-state index in [-0.39, 0.29) is 0 Å². The number of hydrogen-bond donors (Lipinski definition) is 1. The molecule has 1 atom stereocenters. The summed E-state index contributed by atoms with van der Waals surface area (Å²) in [5.41, 5.74) is 2.71. The summed E-state index contributed by atoms with van der Waals surface area (Å²) in [6, 6.07) is 9.79. The fourth-order valence-corrected chi connectivity index (χ4v) is 2.46. The minimum Gasteiger partial charge on any atom is -0.378 e. The fourth-order valence-electron chi connectivity index (χ4n) is 2.46. The van der Waals surface area contributed by atoms with Gasteiger partial charge in [0.1, 0.15) is 0 Å². The number of aryl methyl sites for hydroxylation is 1. The standard InChI is InChI=1S/C15H23NO/c1-4-17-15-9-14(10-15)16-12(3)13-7-5-6-11(2)8-13/h5-8,12,14-16H,4,9-10H2,1-3H3/t12-,14?,15?/m1/s1. The first-order chi connectivity index (χ1) is 8.19. The van der Waals surface area contributed by atoms with Gasteiger partial charge in [-0.25, -0.2) is 0 Å². The van der Waals surface area contributed by atoms with Crippen molar-refractivity contribution in [3.8, 4) is 0 Å².